The summed E-state index contributed by atoms with van der Waals surface area (Å²) in [7, 11) is 5.11. The van der Waals surface area contributed by atoms with Crippen molar-refractivity contribution in [3.8, 4) is 5.75 Å². The minimum absolute atomic E-state index is 0.0417. The maximum atomic E-state index is 14.8. The van der Waals surface area contributed by atoms with E-state index in [2.05, 4.69) is 30.8 Å². The summed E-state index contributed by atoms with van der Waals surface area (Å²) in [6.45, 7) is 4.07. The summed E-state index contributed by atoms with van der Waals surface area (Å²) in [5, 5.41) is 8.87. The molecule has 2 aromatic carbocycles. The lowest BCUT2D eigenvalue weighted by Crippen LogP contribution is -2.37. The van der Waals surface area contributed by atoms with E-state index in [4.69, 9.17) is 16.3 Å². The molecule has 10 nitrogen and oxygen atoms in total. The number of methoxy groups -OCH3 is 1. The van der Waals surface area contributed by atoms with Gasteiger partial charge in [-0.1, -0.05) is 17.7 Å². The molecule has 212 valence electrons. The summed E-state index contributed by atoms with van der Waals surface area (Å²) in [6, 6.07) is 8.21. The quantitative estimate of drug-likeness (QED) is 0.354. The van der Waals surface area contributed by atoms with E-state index in [1.807, 2.05) is 12.1 Å². The predicted molar refractivity (Wildman–Crippen MR) is 154 cm³/mol. The van der Waals surface area contributed by atoms with Crippen LogP contribution in [0, 0.1) is 5.82 Å². The molecule has 2 amide bonds. The number of halogens is 2. The topological polar surface area (TPSA) is 112 Å². The van der Waals surface area contributed by atoms with Gasteiger partial charge in [-0.15, -0.1) is 0 Å². The number of amides is 2. The fourth-order valence-electron chi connectivity index (χ4n) is 4.41. The van der Waals surface area contributed by atoms with Crippen LogP contribution in [0.15, 0.2) is 36.5 Å². The fourth-order valence-corrected chi connectivity index (χ4v) is 4.55. The van der Waals surface area contributed by atoms with Crippen molar-refractivity contribution < 1.29 is 18.7 Å². The Morgan fingerprint density at radius 3 is 2.55 bits per heavy atom. The molecule has 0 saturated heterocycles. The second kappa shape index (κ2) is 12.9. The van der Waals surface area contributed by atoms with Crippen molar-refractivity contribution in [2.75, 3.05) is 58.0 Å². The summed E-state index contributed by atoms with van der Waals surface area (Å²) in [5.41, 5.74) is 3.02. The summed E-state index contributed by atoms with van der Waals surface area (Å²) >= 11 is 6.34. The molecule has 0 fully saturated rings. The zero-order valence-corrected chi connectivity index (χ0v) is 23.7. The Morgan fingerprint density at radius 2 is 1.88 bits per heavy atom. The number of hydrogen-bond acceptors (Lipinski definition) is 8. The van der Waals surface area contributed by atoms with Crippen LogP contribution in [-0.4, -0.2) is 79.0 Å². The van der Waals surface area contributed by atoms with E-state index >= 15 is 0 Å². The van der Waals surface area contributed by atoms with Gasteiger partial charge in [-0.2, -0.15) is 4.98 Å². The second-order valence-corrected chi connectivity index (χ2v) is 9.95. The molecule has 12 heteroatoms. The van der Waals surface area contributed by atoms with E-state index in [1.165, 1.54) is 24.4 Å². The molecule has 1 aliphatic rings. The van der Waals surface area contributed by atoms with Crippen molar-refractivity contribution in [1.82, 2.24) is 25.1 Å². The Hall–Kier alpha value is -3.96. The maximum Gasteiger partial charge on any atom is 0.253 e. The third-order valence-electron chi connectivity index (χ3n) is 6.60. The van der Waals surface area contributed by atoms with Crippen LogP contribution >= 0.6 is 11.6 Å². The molecule has 4 rings (SSSR count). The van der Waals surface area contributed by atoms with E-state index in [-0.39, 0.29) is 33.9 Å². The first-order valence-corrected chi connectivity index (χ1v) is 13.3. The van der Waals surface area contributed by atoms with Gasteiger partial charge in [0.15, 0.2) is 5.82 Å². The van der Waals surface area contributed by atoms with Crippen LogP contribution in [0.1, 0.15) is 28.4 Å². The summed E-state index contributed by atoms with van der Waals surface area (Å²) in [5.74, 6) is -0.0346. The fraction of sp³-hybridized carbons (Fsp3) is 0.357. The van der Waals surface area contributed by atoms with E-state index in [0.29, 0.717) is 24.5 Å². The molecule has 2 heterocycles. The third kappa shape index (κ3) is 6.78. The SMILES string of the molecule is CCNC(=O)c1cccc(F)c1Nc1nc(Nc2cc3c(cc2OC)CCN(CC(=O)N(C)C)CC3)ncc1Cl. The Morgan fingerprint density at radius 1 is 1.15 bits per heavy atom. The highest BCUT2D eigenvalue weighted by Crippen LogP contribution is 2.34. The normalized spacial score (nSPS) is 13.2. The molecule has 0 atom stereocenters. The van der Waals surface area contributed by atoms with E-state index in [1.54, 1.807) is 33.0 Å². The zero-order valence-electron chi connectivity index (χ0n) is 23.0. The number of anilines is 4. The minimum atomic E-state index is -0.623. The van der Waals surface area contributed by atoms with Crippen molar-refractivity contribution >= 4 is 46.6 Å². The van der Waals surface area contributed by atoms with Crippen LogP contribution in [-0.2, 0) is 17.6 Å². The molecule has 0 radical (unpaired) electrons. The Labute approximate surface area is 237 Å². The lowest BCUT2D eigenvalue weighted by Gasteiger charge is -2.21. The number of nitrogens with one attached hydrogen (secondary N) is 3. The van der Waals surface area contributed by atoms with Crippen LogP contribution in [0.3, 0.4) is 0 Å². The van der Waals surface area contributed by atoms with Crippen molar-refractivity contribution in [1.29, 1.82) is 0 Å². The molecule has 0 spiro atoms. The molecule has 1 aromatic heterocycles. The number of benzene rings is 2. The first-order chi connectivity index (χ1) is 19.2. The van der Waals surface area contributed by atoms with Gasteiger partial charge in [0.25, 0.3) is 5.91 Å². The molecule has 0 bridgehead atoms. The molecule has 0 unspecified atom stereocenters. The smallest absolute Gasteiger partial charge is 0.253 e. The lowest BCUT2D eigenvalue weighted by molar-refractivity contribution is -0.129. The molecule has 1 aliphatic heterocycles. The molecule has 3 N–H and O–H groups in total. The highest BCUT2D eigenvalue weighted by molar-refractivity contribution is 6.33. The minimum Gasteiger partial charge on any atom is -0.495 e. The molecule has 3 aromatic rings. The number of likely N-dealkylation sites (N-methyl/N-ethyl adjacent to an activating group) is 1. The van der Waals surface area contributed by atoms with Gasteiger partial charge in [0, 0.05) is 33.7 Å². The molecule has 0 aliphatic carbocycles. The van der Waals surface area contributed by atoms with E-state index < -0.39 is 11.7 Å². The van der Waals surface area contributed by atoms with Crippen LogP contribution < -0.4 is 20.7 Å². The lowest BCUT2D eigenvalue weighted by atomic mass is 10.0. The maximum absolute atomic E-state index is 14.8. The van der Waals surface area contributed by atoms with Crippen molar-refractivity contribution in [3.05, 3.63) is 64.1 Å². The zero-order chi connectivity index (χ0) is 28.8. The van der Waals surface area contributed by atoms with Gasteiger partial charge in [0.05, 0.1) is 36.8 Å². The number of nitrogens with zero attached hydrogens (tertiary/aromatic N) is 4. The summed E-state index contributed by atoms with van der Waals surface area (Å²) in [6.07, 6.45) is 2.94. The van der Waals surface area contributed by atoms with Gasteiger partial charge in [0.2, 0.25) is 11.9 Å². The number of rotatable bonds is 9. The Balaban J connectivity index is 1.57. The Kier molecular flexibility index (Phi) is 9.38. The van der Waals surface area contributed by atoms with Crippen molar-refractivity contribution in [3.63, 3.8) is 0 Å². The van der Waals surface area contributed by atoms with Gasteiger partial charge < -0.3 is 25.6 Å². The number of para-hydroxylation sites is 1. The van der Waals surface area contributed by atoms with Gasteiger partial charge in [0.1, 0.15) is 16.6 Å². The number of hydrogen-bond donors (Lipinski definition) is 3. The van der Waals surface area contributed by atoms with Gasteiger partial charge in [-0.25, -0.2) is 9.37 Å². The van der Waals surface area contributed by atoms with E-state index in [0.717, 1.165) is 37.1 Å². The number of aromatic nitrogens is 2. The van der Waals surface area contributed by atoms with Crippen molar-refractivity contribution in [2.24, 2.45) is 0 Å². The van der Waals surface area contributed by atoms with Crippen LogP contribution in [0.25, 0.3) is 0 Å². The average molecular weight is 570 g/mol. The van der Waals surface area contributed by atoms with Crippen LogP contribution in [0.4, 0.5) is 27.5 Å². The third-order valence-corrected chi connectivity index (χ3v) is 6.88. The van der Waals surface area contributed by atoms with Crippen LogP contribution in [0.2, 0.25) is 5.02 Å². The highest BCUT2D eigenvalue weighted by Gasteiger charge is 2.21. The van der Waals surface area contributed by atoms with Gasteiger partial charge in [-0.05, 0) is 55.2 Å². The second-order valence-electron chi connectivity index (χ2n) is 9.55. The predicted octanol–water partition coefficient (Wildman–Crippen LogP) is 4.00. The van der Waals surface area contributed by atoms with Gasteiger partial charge in [-0.3, -0.25) is 14.5 Å². The van der Waals surface area contributed by atoms with Crippen LogP contribution in [0.5, 0.6) is 5.75 Å². The Bertz CT molecular complexity index is 1400. The monoisotopic (exact) mass is 569 g/mol. The number of carbonyl (C=O) groups is 2. The summed E-state index contributed by atoms with van der Waals surface area (Å²) < 4.78 is 20.4. The number of fused-ring (bicyclic) bond motifs is 1. The first kappa shape index (κ1) is 29.0. The molecule has 40 heavy (non-hydrogen) atoms. The van der Waals surface area contributed by atoms with Crippen molar-refractivity contribution in [2.45, 2.75) is 19.8 Å². The standard InChI is InChI=1S/C28H33ClFN7O3/c1-5-31-27(39)19-7-6-8-21(30)25(19)34-26-20(29)15-32-28(35-26)33-22-13-17-9-11-37(16-24(38)36(2)3)12-10-18(17)14-23(22)40-4/h6-8,13-15H,5,9-12,16H2,1-4H3,(H,31,39)(H2,32,33,34,35). The molecular formula is C28H33ClFN7O3. The molecular weight excluding hydrogens is 537 g/mol. The number of carbonyl (C=O) groups excluding carboxylic acids is 2. The van der Waals surface area contributed by atoms with Gasteiger partial charge >= 0.3 is 0 Å². The first-order valence-electron chi connectivity index (χ1n) is 13.0. The molecule has 0 saturated carbocycles. The average Bonchev–Trinajstić information content (AvgIpc) is 3.12. The largest absolute Gasteiger partial charge is 0.495 e. The summed E-state index contributed by atoms with van der Waals surface area (Å²) in [4.78, 5) is 37.2. The van der Waals surface area contributed by atoms with E-state index in [9.17, 15) is 14.0 Å². The highest BCUT2D eigenvalue weighted by atomic mass is 35.5. The number of ether oxygens (including phenoxy) is 1.